The van der Waals surface area contributed by atoms with Crippen LogP contribution in [0.15, 0.2) is 0 Å². The highest BCUT2D eigenvalue weighted by atomic mass is 16.5. The van der Waals surface area contributed by atoms with Gasteiger partial charge in [-0.05, 0) is 26.7 Å². The molecule has 0 unspecified atom stereocenters. The number of carbonyl (C=O) groups is 1. The van der Waals surface area contributed by atoms with Gasteiger partial charge in [0.15, 0.2) is 0 Å². The summed E-state index contributed by atoms with van der Waals surface area (Å²) in [6, 6.07) is 2.15. The van der Waals surface area contributed by atoms with Gasteiger partial charge in [-0.3, -0.25) is 4.79 Å². The molecule has 0 aliphatic rings. The fourth-order valence-electron chi connectivity index (χ4n) is 1.07. The summed E-state index contributed by atoms with van der Waals surface area (Å²) >= 11 is 0. The molecule has 1 amide bonds. The first kappa shape index (κ1) is 13.9. The van der Waals surface area contributed by atoms with Gasteiger partial charge in [0.2, 0.25) is 0 Å². The number of nitriles is 1. The van der Waals surface area contributed by atoms with E-state index in [1.807, 2.05) is 13.8 Å². The van der Waals surface area contributed by atoms with Gasteiger partial charge in [-0.1, -0.05) is 13.8 Å². The first-order valence-electron chi connectivity index (χ1n) is 5.16. The molecule has 86 valence electrons. The number of ether oxygens (including phenoxy) is 1. The number of nitrogens with zero attached hydrogens (tertiary/aromatic N) is 1. The SMILES string of the molecule is CCC(C#N)(CC)NC(=O)C(C)(C)OC. The van der Waals surface area contributed by atoms with E-state index in [1.165, 1.54) is 7.11 Å². The van der Waals surface area contributed by atoms with E-state index in [0.29, 0.717) is 12.8 Å². The van der Waals surface area contributed by atoms with Gasteiger partial charge in [-0.15, -0.1) is 0 Å². The average molecular weight is 212 g/mol. The molecule has 0 bridgehead atoms. The first-order chi connectivity index (χ1) is 6.87. The third-order valence-corrected chi connectivity index (χ3v) is 2.83. The van der Waals surface area contributed by atoms with Crippen molar-refractivity contribution in [3.8, 4) is 6.07 Å². The van der Waals surface area contributed by atoms with E-state index in [2.05, 4.69) is 11.4 Å². The lowest BCUT2D eigenvalue weighted by Gasteiger charge is -2.30. The van der Waals surface area contributed by atoms with Crippen molar-refractivity contribution >= 4 is 5.91 Å². The Morgan fingerprint density at radius 2 is 1.87 bits per heavy atom. The zero-order valence-electron chi connectivity index (χ0n) is 10.2. The van der Waals surface area contributed by atoms with Crippen LogP contribution in [0, 0.1) is 11.3 Å². The molecule has 15 heavy (non-hydrogen) atoms. The number of hydrogen-bond acceptors (Lipinski definition) is 3. The number of hydrogen-bond donors (Lipinski definition) is 1. The Kier molecular flexibility index (Phi) is 4.76. The highest BCUT2D eigenvalue weighted by Crippen LogP contribution is 2.16. The largest absolute Gasteiger partial charge is 0.369 e. The Bertz CT molecular complexity index is 262. The lowest BCUT2D eigenvalue weighted by atomic mass is 9.93. The highest BCUT2D eigenvalue weighted by molar-refractivity contribution is 5.85. The monoisotopic (exact) mass is 212 g/mol. The van der Waals surface area contributed by atoms with E-state index >= 15 is 0 Å². The summed E-state index contributed by atoms with van der Waals surface area (Å²) in [5, 5.41) is 11.8. The van der Waals surface area contributed by atoms with Gasteiger partial charge in [0.1, 0.15) is 11.1 Å². The maximum Gasteiger partial charge on any atom is 0.252 e. The molecule has 0 aromatic heterocycles. The molecule has 0 spiro atoms. The van der Waals surface area contributed by atoms with Crippen LogP contribution < -0.4 is 5.32 Å². The second kappa shape index (κ2) is 5.13. The molecule has 0 rings (SSSR count). The standard InChI is InChI=1S/C11H20N2O2/c1-6-11(7-2,8-12)13-9(14)10(3,4)15-5/h6-7H2,1-5H3,(H,13,14). The van der Waals surface area contributed by atoms with Crippen LogP contribution in [0.5, 0.6) is 0 Å². The third-order valence-electron chi connectivity index (χ3n) is 2.83. The van der Waals surface area contributed by atoms with Crippen LogP contribution in [0.2, 0.25) is 0 Å². The van der Waals surface area contributed by atoms with Crippen molar-refractivity contribution in [2.24, 2.45) is 0 Å². The summed E-state index contributed by atoms with van der Waals surface area (Å²) in [5.41, 5.74) is -1.67. The predicted molar refractivity (Wildman–Crippen MR) is 58.2 cm³/mol. The van der Waals surface area contributed by atoms with Gasteiger partial charge in [0, 0.05) is 7.11 Å². The molecular weight excluding hydrogens is 192 g/mol. The molecular formula is C11H20N2O2. The molecule has 0 aliphatic heterocycles. The smallest absolute Gasteiger partial charge is 0.252 e. The Balaban J connectivity index is 4.72. The van der Waals surface area contributed by atoms with E-state index in [9.17, 15) is 4.79 Å². The average Bonchev–Trinajstić information content (AvgIpc) is 2.25. The Labute approximate surface area is 91.6 Å². The summed E-state index contributed by atoms with van der Waals surface area (Å²) in [7, 11) is 1.48. The lowest BCUT2D eigenvalue weighted by molar-refractivity contribution is -0.141. The predicted octanol–water partition coefficient (Wildman–Crippen LogP) is 1.61. The van der Waals surface area contributed by atoms with Gasteiger partial charge in [0.25, 0.3) is 5.91 Å². The van der Waals surface area contributed by atoms with Crippen molar-refractivity contribution in [3.05, 3.63) is 0 Å². The molecule has 0 fully saturated rings. The molecule has 1 N–H and O–H groups in total. The van der Waals surface area contributed by atoms with Crippen LogP contribution in [-0.4, -0.2) is 24.2 Å². The summed E-state index contributed by atoms with van der Waals surface area (Å²) < 4.78 is 5.06. The summed E-state index contributed by atoms with van der Waals surface area (Å²) in [5.74, 6) is -0.254. The van der Waals surface area contributed by atoms with Crippen LogP contribution in [0.25, 0.3) is 0 Å². The number of rotatable bonds is 5. The number of nitrogens with one attached hydrogen (secondary N) is 1. The number of amides is 1. The van der Waals surface area contributed by atoms with Crippen LogP contribution >= 0.6 is 0 Å². The van der Waals surface area contributed by atoms with E-state index in [1.54, 1.807) is 13.8 Å². The molecule has 0 aromatic rings. The maximum absolute atomic E-state index is 11.8. The van der Waals surface area contributed by atoms with Gasteiger partial charge in [-0.25, -0.2) is 0 Å². The fourth-order valence-corrected chi connectivity index (χ4v) is 1.07. The highest BCUT2D eigenvalue weighted by Gasteiger charge is 2.35. The van der Waals surface area contributed by atoms with Crippen molar-refractivity contribution in [2.75, 3.05) is 7.11 Å². The minimum absolute atomic E-state index is 0.254. The van der Waals surface area contributed by atoms with Crippen molar-refractivity contribution in [3.63, 3.8) is 0 Å². The summed E-state index contributed by atoms with van der Waals surface area (Å²) in [4.78, 5) is 11.8. The molecule has 4 nitrogen and oxygen atoms in total. The minimum Gasteiger partial charge on any atom is -0.369 e. The molecule has 0 aromatic carbocycles. The molecule has 0 radical (unpaired) electrons. The Hall–Kier alpha value is -1.08. The quantitative estimate of drug-likeness (QED) is 0.753. The van der Waals surface area contributed by atoms with Crippen molar-refractivity contribution in [2.45, 2.75) is 51.7 Å². The van der Waals surface area contributed by atoms with Crippen molar-refractivity contribution in [1.82, 2.24) is 5.32 Å². The molecule has 0 saturated carbocycles. The van der Waals surface area contributed by atoms with E-state index in [4.69, 9.17) is 10.00 Å². The van der Waals surface area contributed by atoms with Gasteiger partial charge in [-0.2, -0.15) is 5.26 Å². The van der Waals surface area contributed by atoms with E-state index < -0.39 is 11.1 Å². The van der Waals surface area contributed by atoms with Crippen LogP contribution in [0.1, 0.15) is 40.5 Å². The zero-order chi connectivity index (χ0) is 12.1. The van der Waals surface area contributed by atoms with Gasteiger partial charge in [0.05, 0.1) is 6.07 Å². The minimum atomic E-state index is -0.896. The molecule has 0 atom stereocenters. The van der Waals surface area contributed by atoms with E-state index in [0.717, 1.165) is 0 Å². The third kappa shape index (κ3) is 3.21. The topological polar surface area (TPSA) is 62.1 Å². The number of methoxy groups -OCH3 is 1. The lowest BCUT2D eigenvalue weighted by Crippen LogP contribution is -2.54. The van der Waals surface area contributed by atoms with Gasteiger partial charge >= 0.3 is 0 Å². The summed E-state index contributed by atoms with van der Waals surface area (Å²) in [6.45, 7) is 7.12. The first-order valence-corrected chi connectivity index (χ1v) is 5.16. The zero-order valence-corrected chi connectivity index (χ0v) is 10.2. The van der Waals surface area contributed by atoms with Crippen molar-refractivity contribution < 1.29 is 9.53 Å². The maximum atomic E-state index is 11.8. The molecule has 0 heterocycles. The van der Waals surface area contributed by atoms with Crippen molar-refractivity contribution in [1.29, 1.82) is 5.26 Å². The molecule has 0 saturated heterocycles. The molecule has 0 aliphatic carbocycles. The van der Waals surface area contributed by atoms with E-state index in [-0.39, 0.29) is 5.91 Å². The Morgan fingerprint density at radius 3 is 2.13 bits per heavy atom. The van der Waals surface area contributed by atoms with Crippen LogP contribution in [-0.2, 0) is 9.53 Å². The van der Waals surface area contributed by atoms with Crippen LogP contribution in [0.4, 0.5) is 0 Å². The summed E-state index contributed by atoms with van der Waals surface area (Å²) in [6.07, 6.45) is 1.18. The van der Waals surface area contributed by atoms with Gasteiger partial charge < -0.3 is 10.1 Å². The second-order valence-electron chi connectivity index (χ2n) is 4.07. The second-order valence-corrected chi connectivity index (χ2v) is 4.07. The number of carbonyl (C=O) groups excluding carboxylic acids is 1. The Morgan fingerprint density at radius 1 is 1.40 bits per heavy atom. The normalized spacial score (nSPS) is 12.0. The molecule has 4 heteroatoms. The fraction of sp³-hybridized carbons (Fsp3) is 0.818. The van der Waals surface area contributed by atoms with Crippen LogP contribution in [0.3, 0.4) is 0 Å².